The Hall–Kier alpha value is -0.510. The zero-order chi connectivity index (χ0) is 13.0. The molecule has 0 bridgehead atoms. The zero-order valence-electron chi connectivity index (χ0n) is 11.3. The van der Waals surface area contributed by atoms with Crippen molar-refractivity contribution >= 4 is 11.8 Å². The van der Waals surface area contributed by atoms with E-state index in [9.17, 15) is 0 Å². The molecule has 0 aliphatic carbocycles. The molecule has 18 heavy (non-hydrogen) atoms. The predicted octanol–water partition coefficient (Wildman–Crippen LogP) is 2.70. The van der Waals surface area contributed by atoms with Gasteiger partial charge in [0.05, 0.1) is 0 Å². The molecule has 100 valence electrons. The Morgan fingerprint density at radius 2 is 2.17 bits per heavy atom. The van der Waals surface area contributed by atoms with Crippen LogP contribution >= 0.6 is 11.8 Å². The molecule has 2 rings (SSSR count). The summed E-state index contributed by atoms with van der Waals surface area (Å²) < 4.78 is 0. The monoisotopic (exact) mass is 265 g/mol. The highest BCUT2D eigenvalue weighted by Crippen LogP contribution is 2.36. The molecule has 1 heterocycles. The van der Waals surface area contributed by atoms with E-state index in [2.05, 4.69) is 43.4 Å². The fourth-order valence-electron chi connectivity index (χ4n) is 2.33. The van der Waals surface area contributed by atoms with E-state index < -0.39 is 0 Å². The molecule has 1 atom stereocenters. The van der Waals surface area contributed by atoms with Crippen LogP contribution in [0, 0.1) is 5.41 Å². The summed E-state index contributed by atoms with van der Waals surface area (Å²) in [6, 6.07) is 8.69. The third-order valence-electron chi connectivity index (χ3n) is 3.48. The Kier molecular flexibility index (Phi) is 4.71. The van der Waals surface area contributed by atoms with E-state index in [4.69, 9.17) is 5.11 Å². The summed E-state index contributed by atoms with van der Waals surface area (Å²) in [6.07, 6.45) is 2.03. The van der Waals surface area contributed by atoms with Crippen LogP contribution in [0.1, 0.15) is 25.8 Å². The molecule has 1 aromatic carbocycles. The number of benzene rings is 1. The van der Waals surface area contributed by atoms with Gasteiger partial charge in [0.15, 0.2) is 0 Å². The van der Waals surface area contributed by atoms with Gasteiger partial charge < -0.3 is 10.4 Å². The third kappa shape index (κ3) is 3.74. The number of thioether (sulfide) groups is 1. The molecule has 0 amide bonds. The van der Waals surface area contributed by atoms with Crippen LogP contribution in [-0.2, 0) is 6.42 Å². The number of aliphatic hydroxyl groups excluding tert-OH is 1. The smallest absolute Gasteiger partial charge is 0.0436 e. The van der Waals surface area contributed by atoms with E-state index in [-0.39, 0.29) is 12.0 Å². The minimum atomic E-state index is 0.185. The molecule has 2 N–H and O–H groups in total. The number of nitrogens with one attached hydrogen (secondary N) is 1. The number of fused-ring (bicyclic) bond motifs is 1. The highest BCUT2D eigenvalue weighted by molar-refractivity contribution is 8.00. The minimum Gasteiger partial charge on any atom is -0.396 e. The van der Waals surface area contributed by atoms with Crippen molar-refractivity contribution in [3.8, 4) is 0 Å². The van der Waals surface area contributed by atoms with E-state index >= 15 is 0 Å². The summed E-state index contributed by atoms with van der Waals surface area (Å²) in [6.45, 7) is 6.70. The van der Waals surface area contributed by atoms with Crippen LogP contribution in [0.2, 0.25) is 0 Å². The fraction of sp³-hybridized carbons (Fsp3) is 0.600. The first kappa shape index (κ1) is 13.9. The summed E-state index contributed by atoms with van der Waals surface area (Å²) in [5, 5.41) is 13.2. The number of rotatable bonds is 6. The zero-order valence-corrected chi connectivity index (χ0v) is 12.1. The van der Waals surface area contributed by atoms with Crippen molar-refractivity contribution in [2.24, 2.45) is 5.41 Å². The van der Waals surface area contributed by atoms with Crippen LogP contribution in [0.4, 0.5) is 0 Å². The van der Waals surface area contributed by atoms with Gasteiger partial charge in [-0.15, -0.1) is 11.8 Å². The third-order valence-corrected chi connectivity index (χ3v) is 4.80. The van der Waals surface area contributed by atoms with Crippen LogP contribution in [0.3, 0.4) is 0 Å². The van der Waals surface area contributed by atoms with Gasteiger partial charge in [-0.3, -0.25) is 0 Å². The van der Waals surface area contributed by atoms with Gasteiger partial charge >= 0.3 is 0 Å². The average Bonchev–Trinajstić information content (AvgIpc) is 2.71. The lowest BCUT2D eigenvalue weighted by atomic mass is 9.90. The van der Waals surface area contributed by atoms with Gasteiger partial charge in [-0.1, -0.05) is 32.0 Å². The Morgan fingerprint density at radius 1 is 1.39 bits per heavy atom. The van der Waals surface area contributed by atoms with Gasteiger partial charge in [0, 0.05) is 29.8 Å². The predicted molar refractivity (Wildman–Crippen MR) is 78.1 cm³/mol. The van der Waals surface area contributed by atoms with Crippen molar-refractivity contribution in [2.75, 3.05) is 19.7 Å². The standard InChI is InChI=1S/C15H23NOS/c1-15(2,7-8-17)11-16-10-13-9-12-5-3-4-6-14(12)18-13/h3-6,13,16-17H,7-11H2,1-2H3. The van der Waals surface area contributed by atoms with Gasteiger partial charge in [-0.05, 0) is 29.9 Å². The molecular weight excluding hydrogens is 242 g/mol. The first-order valence-electron chi connectivity index (χ1n) is 6.67. The molecule has 0 radical (unpaired) electrons. The molecule has 0 aromatic heterocycles. The highest BCUT2D eigenvalue weighted by Gasteiger charge is 2.22. The largest absolute Gasteiger partial charge is 0.396 e. The lowest BCUT2D eigenvalue weighted by molar-refractivity contribution is 0.207. The van der Waals surface area contributed by atoms with E-state index in [1.807, 2.05) is 11.8 Å². The van der Waals surface area contributed by atoms with Crippen LogP contribution in [0.5, 0.6) is 0 Å². The molecule has 1 aromatic rings. The maximum atomic E-state index is 9.00. The van der Waals surface area contributed by atoms with E-state index in [0.29, 0.717) is 5.25 Å². The molecular formula is C15H23NOS. The second-order valence-corrected chi connectivity index (χ2v) is 7.16. The molecule has 1 unspecified atom stereocenters. The van der Waals surface area contributed by atoms with Crippen molar-refractivity contribution < 1.29 is 5.11 Å². The molecule has 3 heteroatoms. The maximum Gasteiger partial charge on any atom is 0.0436 e. The normalized spacial score (nSPS) is 18.9. The highest BCUT2D eigenvalue weighted by atomic mass is 32.2. The molecule has 0 spiro atoms. The van der Waals surface area contributed by atoms with E-state index in [1.165, 1.54) is 16.9 Å². The molecule has 0 fully saturated rings. The summed E-state index contributed by atoms with van der Waals surface area (Å²) in [4.78, 5) is 1.44. The van der Waals surface area contributed by atoms with Crippen molar-refractivity contribution in [1.29, 1.82) is 0 Å². The Morgan fingerprint density at radius 3 is 2.89 bits per heavy atom. The number of hydrogen-bond donors (Lipinski definition) is 2. The lowest BCUT2D eigenvalue weighted by Crippen LogP contribution is -2.34. The van der Waals surface area contributed by atoms with Crippen LogP contribution in [-0.4, -0.2) is 30.1 Å². The van der Waals surface area contributed by atoms with Crippen molar-refractivity contribution in [3.63, 3.8) is 0 Å². The first-order valence-corrected chi connectivity index (χ1v) is 7.55. The lowest BCUT2D eigenvalue weighted by Gasteiger charge is -2.24. The SMILES string of the molecule is CC(C)(CCO)CNCC1Cc2ccccc2S1. The van der Waals surface area contributed by atoms with Crippen LogP contribution in [0.15, 0.2) is 29.2 Å². The molecule has 1 aliphatic rings. The molecule has 0 saturated carbocycles. The molecule has 1 aliphatic heterocycles. The van der Waals surface area contributed by atoms with Gasteiger partial charge in [0.1, 0.15) is 0 Å². The summed E-state index contributed by atoms with van der Waals surface area (Å²) >= 11 is 1.99. The Bertz CT molecular complexity index is 367. The van der Waals surface area contributed by atoms with E-state index in [0.717, 1.165) is 19.5 Å². The summed E-state index contributed by atoms with van der Waals surface area (Å²) in [7, 11) is 0. The topological polar surface area (TPSA) is 32.3 Å². The van der Waals surface area contributed by atoms with Gasteiger partial charge in [-0.25, -0.2) is 0 Å². The average molecular weight is 265 g/mol. The quantitative estimate of drug-likeness (QED) is 0.829. The molecule has 2 nitrogen and oxygen atoms in total. The summed E-state index contributed by atoms with van der Waals surface area (Å²) in [5.41, 5.74) is 1.68. The van der Waals surface area contributed by atoms with E-state index in [1.54, 1.807) is 0 Å². The second-order valence-electron chi connectivity index (χ2n) is 5.82. The number of hydrogen-bond acceptors (Lipinski definition) is 3. The maximum absolute atomic E-state index is 9.00. The van der Waals surface area contributed by atoms with Gasteiger partial charge in [0.25, 0.3) is 0 Å². The first-order chi connectivity index (χ1) is 8.61. The number of aliphatic hydroxyl groups is 1. The molecule has 0 saturated heterocycles. The van der Waals surface area contributed by atoms with Crippen LogP contribution in [0.25, 0.3) is 0 Å². The van der Waals surface area contributed by atoms with Crippen molar-refractivity contribution in [3.05, 3.63) is 29.8 Å². The second kappa shape index (κ2) is 6.09. The Balaban J connectivity index is 1.74. The van der Waals surface area contributed by atoms with Crippen molar-refractivity contribution in [1.82, 2.24) is 5.32 Å². The summed E-state index contributed by atoms with van der Waals surface area (Å²) in [5.74, 6) is 0. The fourth-order valence-corrected chi connectivity index (χ4v) is 3.61. The van der Waals surface area contributed by atoms with Gasteiger partial charge in [0.2, 0.25) is 0 Å². The van der Waals surface area contributed by atoms with Gasteiger partial charge in [-0.2, -0.15) is 0 Å². The Labute approximate surface area is 114 Å². The minimum absolute atomic E-state index is 0.185. The van der Waals surface area contributed by atoms with Crippen LogP contribution < -0.4 is 5.32 Å². The van der Waals surface area contributed by atoms with Crippen molar-refractivity contribution in [2.45, 2.75) is 36.8 Å².